The van der Waals surface area contributed by atoms with Gasteiger partial charge in [-0.15, -0.1) is 0 Å². The summed E-state index contributed by atoms with van der Waals surface area (Å²) in [6.45, 7) is 0. The fraction of sp³-hybridized carbons (Fsp3) is 0.364. The van der Waals surface area contributed by atoms with Gasteiger partial charge in [-0.1, -0.05) is 41.9 Å². The first-order valence-corrected chi connectivity index (χ1v) is 10.0. The van der Waals surface area contributed by atoms with E-state index in [2.05, 4.69) is 22.8 Å². The Labute approximate surface area is 170 Å². The molecule has 4 atom stereocenters. The lowest BCUT2D eigenvalue weighted by Gasteiger charge is -2.42. The highest BCUT2D eigenvalue weighted by Crippen LogP contribution is 2.46. The van der Waals surface area contributed by atoms with Crippen LogP contribution >= 0.6 is 11.6 Å². The molecule has 0 saturated carbocycles. The molecule has 146 valence electrons. The van der Waals surface area contributed by atoms with Crippen LogP contribution in [0.15, 0.2) is 54.6 Å². The Hall–Kier alpha value is -2.37. The summed E-state index contributed by atoms with van der Waals surface area (Å²) >= 11 is 6.05. The Morgan fingerprint density at radius 1 is 1.00 bits per heavy atom. The zero-order chi connectivity index (χ0) is 19.7. The molecule has 0 radical (unpaired) electrons. The second-order valence-corrected chi connectivity index (χ2v) is 8.13. The maximum atomic E-state index is 13.1. The fourth-order valence-corrected chi connectivity index (χ4v) is 4.87. The average molecular weight is 398 g/mol. The number of halogens is 1. The van der Waals surface area contributed by atoms with Gasteiger partial charge in [0.15, 0.2) is 0 Å². The van der Waals surface area contributed by atoms with E-state index in [4.69, 9.17) is 11.6 Å². The minimum atomic E-state index is -0.314. The van der Waals surface area contributed by atoms with Crippen LogP contribution in [0.5, 0.6) is 0 Å². The van der Waals surface area contributed by atoms with Gasteiger partial charge in [-0.25, -0.2) is 0 Å². The van der Waals surface area contributed by atoms with E-state index in [1.807, 2.05) is 30.3 Å². The number of hydrogen-bond acceptors (Lipinski definition) is 3. The van der Waals surface area contributed by atoms with Crippen LogP contribution < -0.4 is 10.9 Å². The van der Waals surface area contributed by atoms with Gasteiger partial charge in [0.2, 0.25) is 5.91 Å². The number of fused-ring (bicyclic) bond motifs is 2. The van der Waals surface area contributed by atoms with Crippen molar-refractivity contribution in [2.45, 2.75) is 37.3 Å². The number of hydrogen-bond donors (Lipinski definition) is 2. The number of piperidine rings is 1. The molecule has 6 heteroatoms. The Kier molecular flexibility index (Phi) is 5.38. The molecule has 2 bridgehead atoms. The van der Waals surface area contributed by atoms with Crippen molar-refractivity contribution in [2.75, 3.05) is 7.05 Å². The predicted molar refractivity (Wildman–Crippen MR) is 109 cm³/mol. The average Bonchev–Trinajstić information content (AvgIpc) is 2.95. The van der Waals surface area contributed by atoms with E-state index in [0.717, 1.165) is 24.8 Å². The molecule has 2 heterocycles. The maximum Gasteiger partial charge on any atom is 0.269 e. The third-order valence-corrected chi connectivity index (χ3v) is 6.46. The molecule has 2 amide bonds. The second-order valence-electron chi connectivity index (χ2n) is 7.69. The fourth-order valence-electron chi connectivity index (χ4n) is 4.74. The van der Waals surface area contributed by atoms with Gasteiger partial charge in [0.05, 0.1) is 5.92 Å². The van der Waals surface area contributed by atoms with Gasteiger partial charge >= 0.3 is 0 Å². The molecular formula is C22H24ClN3O2. The molecule has 5 nitrogen and oxygen atoms in total. The van der Waals surface area contributed by atoms with Crippen LogP contribution in [0.3, 0.4) is 0 Å². The molecule has 28 heavy (non-hydrogen) atoms. The van der Waals surface area contributed by atoms with Crippen LogP contribution in [0.1, 0.15) is 41.1 Å². The summed E-state index contributed by atoms with van der Waals surface area (Å²) < 4.78 is 0. The van der Waals surface area contributed by atoms with E-state index < -0.39 is 0 Å². The predicted octanol–water partition coefficient (Wildman–Crippen LogP) is 3.37. The topological polar surface area (TPSA) is 61.4 Å². The van der Waals surface area contributed by atoms with Gasteiger partial charge in [0.1, 0.15) is 0 Å². The first-order valence-electron chi connectivity index (χ1n) is 9.67. The number of hydrazine groups is 1. The summed E-state index contributed by atoms with van der Waals surface area (Å²) in [5.41, 5.74) is 6.89. The number of benzene rings is 2. The van der Waals surface area contributed by atoms with Crippen LogP contribution in [0.2, 0.25) is 5.02 Å². The van der Waals surface area contributed by atoms with Gasteiger partial charge < -0.3 is 0 Å². The number of carbonyl (C=O) groups excluding carboxylic acids is 2. The SMILES string of the molecule is CN1C2CCC1C(C(=O)NNC(=O)c1ccccc1)C(c1ccc(Cl)cc1)C2. The van der Waals surface area contributed by atoms with Gasteiger partial charge in [0, 0.05) is 22.7 Å². The van der Waals surface area contributed by atoms with Crippen LogP contribution in [-0.4, -0.2) is 35.8 Å². The van der Waals surface area contributed by atoms with Crippen LogP contribution in [-0.2, 0) is 4.79 Å². The van der Waals surface area contributed by atoms with Crippen molar-refractivity contribution in [1.29, 1.82) is 0 Å². The summed E-state index contributed by atoms with van der Waals surface area (Å²) in [5, 5.41) is 0.691. The standard InChI is InChI=1S/C22H24ClN3O2/c1-26-17-11-12-19(26)20(18(13-17)14-7-9-16(23)10-8-14)22(28)25-24-21(27)15-5-3-2-4-6-15/h2-10,17-20H,11-13H2,1H3,(H,24,27)(H,25,28). The van der Waals surface area contributed by atoms with E-state index in [-0.39, 0.29) is 29.7 Å². The van der Waals surface area contributed by atoms with Crippen LogP contribution in [0.4, 0.5) is 0 Å². The van der Waals surface area contributed by atoms with E-state index in [9.17, 15) is 9.59 Å². The minimum absolute atomic E-state index is 0.111. The molecule has 2 saturated heterocycles. The van der Waals surface area contributed by atoms with Crippen LogP contribution in [0.25, 0.3) is 0 Å². The second kappa shape index (κ2) is 7.94. The quantitative estimate of drug-likeness (QED) is 0.780. The molecule has 0 spiro atoms. The number of nitrogens with one attached hydrogen (secondary N) is 2. The lowest BCUT2D eigenvalue weighted by Crippen LogP contribution is -2.54. The van der Waals surface area contributed by atoms with Gasteiger partial charge in [0.25, 0.3) is 5.91 Å². The van der Waals surface area contributed by atoms with Gasteiger partial charge in [-0.05, 0) is 62.1 Å². The normalized spacial score (nSPS) is 26.6. The minimum Gasteiger partial charge on any atom is -0.300 e. The number of amides is 2. The summed E-state index contributed by atoms with van der Waals surface area (Å²) in [7, 11) is 2.10. The Bertz CT molecular complexity index is 856. The van der Waals surface area contributed by atoms with Crippen LogP contribution in [0, 0.1) is 5.92 Å². The summed E-state index contributed by atoms with van der Waals surface area (Å²) in [6, 6.07) is 17.3. The zero-order valence-electron chi connectivity index (χ0n) is 15.8. The third kappa shape index (κ3) is 3.64. The van der Waals surface area contributed by atoms with Crippen molar-refractivity contribution in [2.24, 2.45) is 5.92 Å². The zero-order valence-corrected chi connectivity index (χ0v) is 16.5. The molecule has 2 aromatic carbocycles. The number of nitrogens with zero attached hydrogens (tertiary/aromatic N) is 1. The van der Waals surface area contributed by atoms with E-state index in [1.165, 1.54) is 0 Å². The van der Waals surface area contributed by atoms with Crippen molar-refractivity contribution >= 4 is 23.4 Å². The smallest absolute Gasteiger partial charge is 0.269 e. The molecule has 4 rings (SSSR count). The lowest BCUT2D eigenvalue weighted by atomic mass is 9.76. The Balaban J connectivity index is 1.52. The van der Waals surface area contributed by atoms with Gasteiger partial charge in [-0.2, -0.15) is 0 Å². The monoisotopic (exact) mass is 397 g/mol. The van der Waals surface area contributed by atoms with E-state index >= 15 is 0 Å². The largest absolute Gasteiger partial charge is 0.300 e. The molecular weight excluding hydrogens is 374 g/mol. The molecule has 2 fully saturated rings. The maximum absolute atomic E-state index is 13.1. The van der Waals surface area contributed by atoms with E-state index in [0.29, 0.717) is 16.6 Å². The number of rotatable bonds is 3. The van der Waals surface area contributed by atoms with Gasteiger partial charge in [-0.3, -0.25) is 25.3 Å². The first kappa shape index (κ1) is 19.0. The molecule has 2 aromatic rings. The molecule has 2 N–H and O–H groups in total. The highest BCUT2D eigenvalue weighted by atomic mass is 35.5. The molecule has 0 aromatic heterocycles. The molecule has 4 unspecified atom stereocenters. The van der Waals surface area contributed by atoms with Crippen molar-refractivity contribution in [3.8, 4) is 0 Å². The third-order valence-electron chi connectivity index (χ3n) is 6.20. The molecule has 2 aliphatic heterocycles. The van der Waals surface area contributed by atoms with Crippen molar-refractivity contribution in [3.05, 3.63) is 70.7 Å². The highest BCUT2D eigenvalue weighted by molar-refractivity contribution is 6.30. The van der Waals surface area contributed by atoms with Crippen molar-refractivity contribution in [3.63, 3.8) is 0 Å². The molecule has 0 aliphatic carbocycles. The van der Waals surface area contributed by atoms with Crippen molar-refractivity contribution < 1.29 is 9.59 Å². The first-order chi connectivity index (χ1) is 13.5. The Morgan fingerprint density at radius 3 is 2.43 bits per heavy atom. The summed E-state index contributed by atoms with van der Waals surface area (Å²) in [6.07, 6.45) is 3.03. The lowest BCUT2D eigenvalue weighted by molar-refractivity contribution is -0.130. The summed E-state index contributed by atoms with van der Waals surface area (Å²) in [4.78, 5) is 27.8. The Morgan fingerprint density at radius 2 is 1.71 bits per heavy atom. The van der Waals surface area contributed by atoms with Crippen molar-refractivity contribution in [1.82, 2.24) is 15.8 Å². The molecule has 2 aliphatic rings. The van der Waals surface area contributed by atoms with E-state index in [1.54, 1.807) is 24.3 Å². The summed E-state index contributed by atoms with van der Waals surface area (Å²) in [5.74, 6) is -0.563. The number of carbonyl (C=O) groups is 2. The highest BCUT2D eigenvalue weighted by Gasteiger charge is 2.49.